The van der Waals surface area contributed by atoms with Crippen molar-refractivity contribution in [3.63, 3.8) is 0 Å². The van der Waals surface area contributed by atoms with Gasteiger partial charge in [0.25, 0.3) is 0 Å². The maximum Gasteiger partial charge on any atom is 0.242 e. The van der Waals surface area contributed by atoms with E-state index in [2.05, 4.69) is 23.9 Å². The standard InChI is InChI=1S/C14H25N3O3S/c1-14(2,7-4-8-18)10-17-11-5-6-13(12(15)9-11)21(19,20)16-3/h5-6,9,16-18H,4,7-8,10,15H2,1-3H3. The molecule has 0 aromatic heterocycles. The maximum absolute atomic E-state index is 11.7. The lowest BCUT2D eigenvalue weighted by molar-refractivity contribution is 0.248. The molecule has 0 amide bonds. The summed E-state index contributed by atoms with van der Waals surface area (Å²) < 4.78 is 25.7. The second-order valence-electron chi connectivity index (χ2n) is 5.81. The van der Waals surface area contributed by atoms with Crippen LogP contribution < -0.4 is 15.8 Å². The van der Waals surface area contributed by atoms with E-state index in [1.165, 1.54) is 13.1 Å². The monoisotopic (exact) mass is 315 g/mol. The molecule has 21 heavy (non-hydrogen) atoms. The van der Waals surface area contributed by atoms with E-state index in [1.54, 1.807) is 12.1 Å². The topological polar surface area (TPSA) is 104 Å². The molecule has 0 aliphatic rings. The minimum atomic E-state index is -3.53. The van der Waals surface area contributed by atoms with Gasteiger partial charge in [-0.2, -0.15) is 0 Å². The zero-order valence-corrected chi connectivity index (χ0v) is 13.6. The van der Waals surface area contributed by atoms with E-state index in [0.29, 0.717) is 6.54 Å². The molecule has 0 radical (unpaired) electrons. The fraction of sp³-hybridized carbons (Fsp3) is 0.571. The van der Waals surface area contributed by atoms with Crippen molar-refractivity contribution in [2.75, 3.05) is 31.2 Å². The van der Waals surface area contributed by atoms with E-state index in [4.69, 9.17) is 10.8 Å². The van der Waals surface area contributed by atoms with Crippen LogP contribution in [0.15, 0.2) is 23.1 Å². The number of nitrogen functional groups attached to an aromatic ring is 1. The lowest BCUT2D eigenvalue weighted by Gasteiger charge is -2.25. The first-order chi connectivity index (χ1) is 9.72. The molecule has 1 aromatic rings. The van der Waals surface area contributed by atoms with E-state index >= 15 is 0 Å². The molecule has 1 aromatic carbocycles. The predicted molar refractivity (Wildman–Crippen MR) is 85.7 cm³/mol. The number of aliphatic hydroxyl groups is 1. The van der Waals surface area contributed by atoms with Crippen molar-refractivity contribution in [3.8, 4) is 0 Å². The average Bonchev–Trinajstić information content (AvgIpc) is 2.43. The van der Waals surface area contributed by atoms with Crippen molar-refractivity contribution in [1.82, 2.24) is 4.72 Å². The molecule has 0 aliphatic carbocycles. The highest BCUT2D eigenvalue weighted by atomic mass is 32.2. The van der Waals surface area contributed by atoms with Crippen molar-refractivity contribution >= 4 is 21.4 Å². The van der Waals surface area contributed by atoms with Crippen LogP contribution in [0.25, 0.3) is 0 Å². The van der Waals surface area contributed by atoms with Crippen LogP contribution in [0.5, 0.6) is 0 Å². The lowest BCUT2D eigenvalue weighted by Crippen LogP contribution is -2.24. The summed E-state index contributed by atoms with van der Waals surface area (Å²) >= 11 is 0. The highest BCUT2D eigenvalue weighted by molar-refractivity contribution is 7.89. The van der Waals surface area contributed by atoms with Crippen LogP contribution in [0.3, 0.4) is 0 Å². The van der Waals surface area contributed by atoms with Gasteiger partial charge in [-0.25, -0.2) is 13.1 Å². The van der Waals surface area contributed by atoms with Crippen LogP contribution >= 0.6 is 0 Å². The van der Waals surface area contributed by atoms with E-state index in [1.807, 2.05) is 0 Å². The van der Waals surface area contributed by atoms with Crippen LogP contribution in [0.2, 0.25) is 0 Å². The Morgan fingerprint density at radius 3 is 2.52 bits per heavy atom. The second kappa shape index (κ2) is 7.11. The van der Waals surface area contributed by atoms with Crippen LogP contribution in [0, 0.1) is 5.41 Å². The molecule has 0 saturated heterocycles. The number of aliphatic hydroxyl groups excluding tert-OH is 1. The molecular formula is C14H25N3O3S. The summed E-state index contributed by atoms with van der Waals surface area (Å²) in [6.45, 7) is 5.12. The van der Waals surface area contributed by atoms with E-state index in [-0.39, 0.29) is 22.6 Å². The predicted octanol–water partition coefficient (Wildman–Crippen LogP) is 1.39. The Hall–Kier alpha value is -1.31. The number of nitrogens with one attached hydrogen (secondary N) is 2. The van der Waals surface area contributed by atoms with Crippen LogP contribution in [0.4, 0.5) is 11.4 Å². The van der Waals surface area contributed by atoms with Crippen molar-refractivity contribution in [1.29, 1.82) is 0 Å². The van der Waals surface area contributed by atoms with Gasteiger partial charge in [0.15, 0.2) is 0 Å². The van der Waals surface area contributed by atoms with Crippen molar-refractivity contribution in [2.45, 2.75) is 31.6 Å². The first kappa shape index (κ1) is 17.7. The summed E-state index contributed by atoms with van der Waals surface area (Å²) in [5.74, 6) is 0. The summed E-state index contributed by atoms with van der Waals surface area (Å²) in [4.78, 5) is 0.0788. The third-order valence-electron chi connectivity index (χ3n) is 3.35. The van der Waals surface area contributed by atoms with E-state index in [9.17, 15) is 8.42 Å². The summed E-state index contributed by atoms with van der Waals surface area (Å²) in [6, 6.07) is 4.80. The molecule has 5 N–H and O–H groups in total. The Morgan fingerprint density at radius 2 is 2.00 bits per heavy atom. The van der Waals surface area contributed by atoms with Gasteiger partial charge in [-0.1, -0.05) is 13.8 Å². The number of benzene rings is 1. The number of nitrogens with two attached hydrogens (primary N) is 1. The number of sulfonamides is 1. The zero-order valence-electron chi connectivity index (χ0n) is 12.8. The summed E-state index contributed by atoms with van der Waals surface area (Å²) in [5, 5.41) is 12.1. The fourth-order valence-electron chi connectivity index (χ4n) is 2.00. The molecule has 7 heteroatoms. The van der Waals surface area contributed by atoms with Crippen molar-refractivity contribution in [3.05, 3.63) is 18.2 Å². The van der Waals surface area contributed by atoms with Crippen LogP contribution in [-0.2, 0) is 10.0 Å². The van der Waals surface area contributed by atoms with Crippen LogP contribution in [0.1, 0.15) is 26.7 Å². The third-order valence-corrected chi connectivity index (χ3v) is 4.84. The van der Waals surface area contributed by atoms with Gasteiger partial charge in [-0.3, -0.25) is 0 Å². The van der Waals surface area contributed by atoms with Gasteiger partial charge in [-0.05, 0) is 43.5 Å². The highest BCUT2D eigenvalue weighted by Crippen LogP contribution is 2.25. The molecule has 0 spiro atoms. The fourth-order valence-corrected chi connectivity index (χ4v) is 2.84. The molecular weight excluding hydrogens is 290 g/mol. The second-order valence-corrected chi connectivity index (χ2v) is 7.66. The molecule has 0 aliphatic heterocycles. The van der Waals surface area contributed by atoms with Crippen molar-refractivity contribution in [2.24, 2.45) is 5.41 Å². The van der Waals surface area contributed by atoms with Crippen LogP contribution in [-0.4, -0.2) is 33.7 Å². The molecule has 0 atom stereocenters. The molecule has 120 valence electrons. The summed E-state index contributed by atoms with van der Waals surface area (Å²) in [7, 11) is -2.18. The minimum Gasteiger partial charge on any atom is -0.398 e. The Balaban J connectivity index is 2.77. The first-order valence-corrected chi connectivity index (χ1v) is 8.38. The molecule has 0 bridgehead atoms. The molecule has 0 fully saturated rings. The number of hydrogen-bond donors (Lipinski definition) is 4. The Morgan fingerprint density at radius 1 is 1.33 bits per heavy atom. The summed E-state index contributed by atoms with van der Waals surface area (Å²) in [6.07, 6.45) is 1.66. The van der Waals surface area contributed by atoms with Gasteiger partial charge in [0.2, 0.25) is 10.0 Å². The Bertz CT molecular complexity index is 571. The maximum atomic E-state index is 11.7. The smallest absolute Gasteiger partial charge is 0.242 e. The molecule has 6 nitrogen and oxygen atoms in total. The van der Waals surface area contributed by atoms with Gasteiger partial charge in [0.1, 0.15) is 4.90 Å². The molecule has 0 saturated carbocycles. The van der Waals surface area contributed by atoms with Gasteiger partial charge in [0, 0.05) is 18.8 Å². The molecule has 0 unspecified atom stereocenters. The first-order valence-electron chi connectivity index (χ1n) is 6.90. The van der Waals surface area contributed by atoms with Gasteiger partial charge in [0.05, 0.1) is 5.69 Å². The third kappa shape index (κ3) is 5.18. The zero-order chi connectivity index (χ0) is 16.1. The normalized spacial score (nSPS) is 12.4. The van der Waals surface area contributed by atoms with Gasteiger partial charge in [-0.15, -0.1) is 0 Å². The lowest BCUT2D eigenvalue weighted by atomic mass is 9.88. The van der Waals surface area contributed by atoms with Gasteiger partial charge < -0.3 is 16.2 Å². The van der Waals surface area contributed by atoms with E-state index < -0.39 is 10.0 Å². The SMILES string of the molecule is CNS(=O)(=O)c1ccc(NCC(C)(C)CCCO)cc1N. The minimum absolute atomic E-state index is 0.0349. The van der Waals surface area contributed by atoms with E-state index in [0.717, 1.165) is 18.5 Å². The summed E-state index contributed by atoms with van der Waals surface area (Å²) in [5.41, 5.74) is 6.83. The molecule has 1 rings (SSSR count). The molecule has 0 heterocycles. The largest absolute Gasteiger partial charge is 0.398 e. The number of hydrogen-bond acceptors (Lipinski definition) is 5. The number of rotatable bonds is 8. The number of anilines is 2. The quantitative estimate of drug-likeness (QED) is 0.543. The average molecular weight is 315 g/mol. The highest BCUT2D eigenvalue weighted by Gasteiger charge is 2.18. The van der Waals surface area contributed by atoms with Gasteiger partial charge >= 0.3 is 0 Å². The van der Waals surface area contributed by atoms with Crippen molar-refractivity contribution < 1.29 is 13.5 Å². The Labute approximate surface area is 126 Å². The Kier molecular flexibility index (Phi) is 6.00.